The zero-order valence-corrected chi connectivity index (χ0v) is 9.12. The van der Waals surface area contributed by atoms with Crippen LogP contribution in [0.2, 0.25) is 0 Å². The number of nitrogens with two attached hydrogens (primary N) is 1. The Hall–Kier alpha value is -1.36. The summed E-state index contributed by atoms with van der Waals surface area (Å²) in [4.78, 5) is 11.3. The summed E-state index contributed by atoms with van der Waals surface area (Å²) in [6.07, 6.45) is 1.16. The zero-order chi connectivity index (χ0) is 11.3. The first-order valence-corrected chi connectivity index (χ1v) is 5.06. The molecule has 0 bridgehead atoms. The van der Waals surface area contributed by atoms with Gasteiger partial charge in [-0.1, -0.05) is 12.1 Å². The molecule has 1 rings (SSSR count). The molecule has 0 aliphatic heterocycles. The van der Waals surface area contributed by atoms with Crippen LogP contribution in [0.5, 0.6) is 0 Å². The van der Waals surface area contributed by atoms with E-state index in [0.717, 1.165) is 17.9 Å². The molecule has 1 aromatic rings. The van der Waals surface area contributed by atoms with Crippen LogP contribution in [0.3, 0.4) is 0 Å². The highest BCUT2D eigenvalue weighted by atomic mass is 16.5. The Morgan fingerprint density at radius 3 is 3.00 bits per heavy atom. The fourth-order valence-corrected chi connectivity index (χ4v) is 1.15. The van der Waals surface area contributed by atoms with Crippen LogP contribution in [0.4, 0.5) is 0 Å². The number of hydrogen-bond acceptors (Lipinski definition) is 4. The van der Waals surface area contributed by atoms with E-state index < -0.39 is 0 Å². The largest absolute Gasteiger partial charge is 0.361 e. The maximum absolute atomic E-state index is 11.3. The Morgan fingerprint density at radius 2 is 2.47 bits per heavy atom. The second-order valence-electron chi connectivity index (χ2n) is 3.58. The third kappa shape index (κ3) is 4.12. The Bertz CT molecular complexity index is 322. The molecule has 15 heavy (non-hydrogen) atoms. The molecule has 5 heteroatoms. The third-order valence-corrected chi connectivity index (χ3v) is 2.12. The van der Waals surface area contributed by atoms with E-state index in [2.05, 4.69) is 10.5 Å². The van der Waals surface area contributed by atoms with E-state index in [1.54, 1.807) is 6.07 Å². The van der Waals surface area contributed by atoms with Gasteiger partial charge in [-0.2, -0.15) is 0 Å². The van der Waals surface area contributed by atoms with Crippen LogP contribution >= 0.6 is 0 Å². The molecule has 0 saturated carbocycles. The average Bonchev–Trinajstić information content (AvgIpc) is 2.61. The zero-order valence-electron chi connectivity index (χ0n) is 9.12. The van der Waals surface area contributed by atoms with E-state index in [-0.39, 0.29) is 11.9 Å². The SMILES string of the molecule is CCC(N)CC(=O)NCc1cc(C)on1. The van der Waals surface area contributed by atoms with Crippen molar-refractivity contribution in [2.45, 2.75) is 39.3 Å². The number of aryl methyl sites for hydroxylation is 1. The number of amides is 1. The Kier molecular flexibility index (Phi) is 4.30. The Balaban J connectivity index is 2.28. The first-order valence-electron chi connectivity index (χ1n) is 5.06. The van der Waals surface area contributed by atoms with Crippen molar-refractivity contribution in [1.82, 2.24) is 10.5 Å². The lowest BCUT2D eigenvalue weighted by Crippen LogP contribution is -2.30. The summed E-state index contributed by atoms with van der Waals surface area (Å²) < 4.78 is 4.87. The fraction of sp³-hybridized carbons (Fsp3) is 0.600. The number of carbonyl (C=O) groups is 1. The number of aromatic nitrogens is 1. The molecule has 0 radical (unpaired) electrons. The maximum atomic E-state index is 11.3. The molecule has 0 aliphatic rings. The van der Waals surface area contributed by atoms with Crippen LogP contribution in [0.15, 0.2) is 10.6 Å². The molecule has 0 fully saturated rings. The van der Waals surface area contributed by atoms with Gasteiger partial charge < -0.3 is 15.6 Å². The Morgan fingerprint density at radius 1 is 1.73 bits per heavy atom. The normalized spacial score (nSPS) is 12.5. The summed E-state index contributed by atoms with van der Waals surface area (Å²) in [5, 5.41) is 6.50. The molecule has 1 aromatic heterocycles. The maximum Gasteiger partial charge on any atom is 0.221 e. The molecular weight excluding hydrogens is 194 g/mol. The number of rotatable bonds is 5. The minimum Gasteiger partial charge on any atom is -0.361 e. The van der Waals surface area contributed by atoms with Gasteiger partial charge in [-0.05, 0) is 13.3 Å². The van der Waals surface area contributed by atoms with Gasteiger partial charge in [-0.25, -0.2) is 0 Å². The molecule has 0 aliphatic carbocycles. The number of nitrogens with one attached hydrogen (secondary N) is 1. The minimum atomic E-state index is -0.0657. The smallest absolute Gasteiger partial charge is 0.221 e. The number of nitrogens with zero attached hydrogens (tertiary/aromatic N) is 1. The molecule has 1 heterocycles. The molecular formula is C10H17N3O2. The van der Waals surface area contributed by atoms with Crippen LogP contribution in [0.1, 0.15) is 31.2 Å². The molecule has 0 aromatic carbocycles. The Labute approximate surface area is 89.0 Å². The summed E-state index contributed by atoms with van der Waals surface area (Å²) in [6, 6.07) is 1.73. The van der Waals surface area contributed by atoms with Crippen molar-refractivity contribution >= 4 is 5.91 Å². The average molecular weight is 211 g/mol. The number of carbonyl (C=O) groups excluding carboxylic acids is 1. The topological polar surface area (TPSA) is 81.2 Å². The first-order chi connectivity index (χ1) is 7.11. The van der Waals surface area contributed by atoms with Crippen molar-refractivity contribution in [3.63, 3.8) is 0 Å². The van der Waals surface area contributed by atoms with Crippen molar-refractivity contribution < 1.29 is 9.32 Å². The van der Waals surface area contributed by atoms with Gasteiger partial charge in [0.15, 0.2) is 0 Å². The quantitative estimate of drug-likeness (QED) is 0.752. The van der Waals surface area contributed by atoms with E-state index >= 15 is 0 Å². The molecule has 0 saturated heterocycles. The lowest BCUT2D eigenvalue weighted by atomic mass is 10.1. The summed E-state index contributed by atoms with van der Waals surface area (Å²) in [5.41, 5.74) is 6.38. The van der Waals surface area contributed by atoms with Gasteiger partial charge in [0.25, 0.3) is 0 Å². The highest BCUT2D eigenvalue weighted by Crippen LogP contribution is 2.01. The molecule has 5 nitrogen and oxygen atoms in total. The minimum absolute atomic E-state index is 0.0509. The van der Waals surface area contributed by atoms with E-state index in [1.165, 1.54) is 0 Å². The summed E-state index contributed by atoms with van der Waals surface area (Å²) in [7, 11) is 0. The van der Waals surface area contributed by atoms with Gasteiger partial charge in [0, 0.05) is 18.5 Å². The molecule has 3 N–H and O–H groups in total. The second-order valence-corrected chi connectivity index (χ2v) is 3.58. The van der Waals surface area contributed by atoms with Gasteiger partial charge in [0.1, 0.15) is 11.5 Å². The highest BCUT2D eigenvalue weighted by molar-refractivity contribution is 5.76. The predicted octanol–water partition coefficient (Wildman–Crippen LogP) is 0.727. The van der Waals surface area contributed by atoms with Crippen LogP contribution in [-0.4, -0.2) is 17.1 Å². The van der Waals surface area contributed by atoms with E-state index in [4.69, 9.17) is 10.3 Å². The summed E-state index contributed by atoms with van der Waals surface area (Å²) in [5.74, 6) is 0.689. The van der Waals surface area contributed by atoms with Crippen LogP contribution in [0, 0.1) is 6.92 Å². The second kappa shape index (κ2) is 5.50. The molecule has 0 spiro atoms. The third-order valence-electron chi connectivity index (χ3n) is 2.12. The van der Waals surface area contributed by atoms with E-state index in [9.17, 15) is 4.79 Å². The molecule has 1 unspecified atom stereocenters. The van der Waals surface area contributed by atoms with Crippen LogP contribution in [0.25, 0.3) is 0 Å². The standard InChI is InChI=1S/C10H17N3O2/c1-3-8(11)5-10(14)12-6-9-4-7(2)15-13-9/h4,8H,3,5-6,11H2,1-2H3,(H,12,14). The van der Waals surface area contributed by atoms with Gasteiger partial charge in [-0.15, -0.1) is 0 Å². The van der Waals surface area contributed by atoms with Crippen molar-refractivity contribution in [2.24, 2.45) is 5.73 Å². The van der Waals surface area contributed by atoms with Crippen molar-refractivity contribution in [2.75, 3.05) is 0 Å². The van der Waals surface area contributed by atoms with Gasteiger partial charge in [0.2, 0.25) is 5.91 Å². The van der Waals surface area contributed by atoms with Crippen LogP contribution < -0.4 is 11.1 Å². The molecule has 1 amide bonds. The predicted molar refractivity (Wildman–Crippen MR) is 56.0 cm³/mol. The van der Waals surface area contributed by atoms with Crippen molar-refractivity contribution in [3.8, 4) is 0 Å². The van der Waals surface area contributed by atoms with Gasteiger partial charge in [-0.3, -0.25) is 4.79 Å². The molecule has 1 atom stereocenters. The summed E-state index contributed by atoms with van der Waals surface area (Å²) in [6.45, 7) is 4.16. The summed E-state index contributed by atoms with van der Waals surface area (Å²) >= 11 is 0. The van der Waals surface area contributed by atoms with E-state index in [0.29, 0.717) is 13.0 Å². The van der Waals surface area contributed by atoms with Gasteiger partial charge in [0.05, 0.1) is 6.54 Å². The van der Waals surface area contributed by atoms with Crippen LogP contribution in [-0.2, 0) is 11.3 Å². The first kappa shape index (κ1) is 11.7. The van der Waals surface area contributed by atoms with Gasteiger partial charge >= 0.3 is 0 Å². The lowest BCUT2D eigenvalue weighted by molar-refractivity contribution is -0.121. The number of hydrogen-bond donors (Lipinski definition) is 2. The van der Waals surface area contributed by atoms with Crippen molar-refractivity contribution in [1.29, 1.82) is 0 Å². The van der Waals surface area contributed by atoms with E-state index in [1.807, 2.05) is 13.8 Å². The lowest BCUT2D eigenvalue weighted by Gasteiger charge is -2.07. The fourth-order valence-electron chi connectivity index (χ4n) is 1.15. The molecule has 84 valence electrons. The highest BCUT2D eigenvalue weighted by Gasteiger charge is 2.08. The van der Waals surface area contributed by atoms with Crippen molar-refractivity contribution in [3.05, 3.63) is 17.5 Å². The monoisotopic (exact) mass is 211 g/mol.